The SMILES string of the molecule is NC(=O)N(C=O)c1ccc(O)cc1. The van der Waals surface area contributed by atoms with Gasteiger partial charge in [-0.25, -0.2) is 9.69 Å². The van der Waals surface area contributed by atoms with Crippen LogP contribution in [0.25, 0.3) is 0 Å². The smallest absolute Gasteiger partial charge is 0.325 e. The Kier molecular flexibility index (Phi) is 2.49. The molecule has 0 saturated carbocycles. The van der Waals surface area contributed by atoms with Crippen LogP contribution in [0.2, 0.25) is 0 Å². The number of rotatable bonds is 2. The first-order valence-corrected chi connectivity index (χ1v) is 3.48. The minimum Gasteiger partial charge on any atom is -0.508 e. The number of hydrogen-bond donors (Lipinski definition) is 2. The maximum atomic E-state index is 10.7. The molecule has 0 fully saturated rings. The average Bonchev–Trinajstić information content (AvgIpc) is 2.09. The lowest BCUT2D eigenvalue weighted by Crippen LogP contribution is -2.34. The van der Waals surface area contributed by atoms with Gasteiger partial charge in [-0.15, -0.1) is 0 Å². The molecule has 0 unspecified atom stereocenters. The Morgan fingerprint density at radius 3 is 2.31 bits per heavy atom. The monoisotopic (exact) mass is 180 g/mol. The summed E-state index contributed by atoms with van der Waals surface area (Å²) in [6, 6.07) is 4.67. The van der Waals surface area contributed by atoms with Crippen molar-refractivity contribution in [1.29, 1.82) is 0 Å². The summed E-state index contributed by atoms with van der Waals surface area (Å²) in [4.78, 5) is 21.8. The van der Waals surface area contributed by atoms with E-state index >= 15 is 0 Å². The van der Waals surface area contributed by atoms with E-state index in [1.54, 1.807) is 0 Å². The first-order chi connectivity index (χ1) is 6.15. The molecule has 0 aliphatic carbocycles. The largest absolute Gasteiger partial charge is 0.508 e. The summed E-state index contributed by atoms with van der Waals surface area (Å²) in [5.41, 5.74) is 5.23. The topological polar surface area (TPSA) is 83.6 Å². The number of amides is 3. The van der Waals surface area contributed by atoms with E-state index in [0.717, 1.165) is 4.90 Å². The summed E-state index contributed by atoms with van der Waals surface area (Å²) in [5.74, 6) is 0.0547. The normalized spacial score (nSPS) is 9.23. The molecule has 0 aromatic heterocycles. The third-order valence-corrected chi connectivity index (χ3v) is 1.47. The molecule has 0 bridgehead atoms. The molecule has 1 rings (SSSR count). The Morgan fingerprint density at radius 1 is 1.38 bits per heavy atom. The first kappa shape index (κ1) is 9.05. The molecule has 0 spiro atoms. The quantitative estimate of drug-likeness (QED) is 0.647. The van der Waals surface area contributed by atoms with Crippen LogP contribution in [0.1, 0.15) is 0 Å². The number of urea groups is 1. The fourth-order valence-electron chi connectivity index (χ4n) is 0.853. The number of nitrogens with zero attached hydrogens (tertiary/aromatic N) is 1. The lowest BCUT2D eigenvalue weighted by atomic mass is 10.3. The van der Waals surface area contributed by atoms with Gasteiger partial charge in [0.25, 0.3) is 0 Å². The van der Waals surface area contributed by atoms with Gasteiger partial charge in [0.15, 0.2) is 0 Å². The molecule has 5 nitrogen and oxygen atoms in total. The number of hydrogen-bond acceptors (Lipinski definition) is 3. The molecule has 0 aliphatic rings. The fraction of sp³-hybridized carbons (Fsp3) is 0. The van der Waals surface area contributed by atoms with E-state index in [1.165, 1.54) is 24.3 Å². The molecule has 1 aromatic rings. The number of phenolic OH excluding ortho intramolecular Hbond substituents is 1. The lowest BCUT2D eigenvalue weighted by Gasteiger charge is -2.11. The van der Waals surface area contributed by atoms with Crippen LogP contribution in [0, 0.1) is 0 Å². The highest BCUT2D eigenvalue weighted by atomic mass is 16.3. The van der Waals surface area contributed by atoms with Crippen molar-refractivity contribution in [3.8, 4) is 5.75 Å². The second-order valence-electron chi connectivity index (χ2n) is 2.33. The summed E-state index contributed by atoms with van der Waals surface area (Å²) < 4.78 is 0. The number of aromatic hydroxyl groups is 1. The zero-order valence-corrected chi connectivity index (χ0v) is 6.68. The third-order valence-electron chi connectivity index (χ3n) is 1.47. The van der Waals surface area contributed by atoms with E-state index in [4.69, 9.17) is 10.8 Å². The Hall–Kier alpha value is -2.04. The number of primary amides is 1. The van der Waals surface area contributed by atoms with Crippen LogP contribution in [0.15, 0.2) is 24.3 Å². The van der Waals surface area contributed by atoms with E-state index < -0.39 is 6.03 Å². The van der Waals surface area contributed by atoms with Crippen LogP contribution < -0.4 is 10.6 Å². The summed E-state index contributed by atoms with van der Waals surface area (Å²) in [6.45, 7) is 0. The number of carbonyl (C=O) groups excluding carboxylic acids is 2. The van der Waals surface area contributed by atoms with Crippen molar-refractivity contribution < 1.29 is 14.7 Å². The van der Waals surface area contributed by atoms with Crippen LogP contribution >= 0.6 is 0 Å². The summed E-state index contributed by atoms with van der Waals surface area (Å²) in [5, 5.41) is 8.93. The van der Waals surface area contributed by atoms with Gasteiger partial charge in [-0.1, -0.05) is 0 Å². The number of carbonyl (C=O) groups is 2. The summed E-state index contributed by atoms with van der Waals surface area (Å²) in [7, 11) is 0. The van der Waals surface area contributed by atoms with Crippen LogP contribution in [0.5, 0.6) is 5.75 Å². The van der Waals surface area contributed by atoms with Crippen molar-refractivity contribution in [3.63, 3.8) is 0 Å². The Labute approximate surface area is 74.4 Å². The minimum absolute atomic E-state index is 0.0547. The third kappa shape index (κ3) is 1.96. The average molecular weight is 180 g/mol. The predicted molar refractivity (Wildman–Crippen MR) is 46.2 cm³/mol. The van der Waals surface area contributed by atoms with E-state index in [2.05, 4.69) is 0 Å². The summed E-state index contributed by atoms with van der Waals surface area (Å²) in [6.07, 6.45) is 0.314. The van der Waals surface area contributed by atoms with Gasteiger partial charge in [-0.2, -0.15) is 0 Å². The van der Waals surface area contributed by atoms with Crippen molar-refractivity contribution >= 4 is 18.1 Å². The van der Waals surface area contributed by atoms with E-state index in [9.17, 15) is 9.59 Å². The molecule has 0 aliphatic heterocycles. The highest BCUT2D eigenvalue weighted by Gasteiger charge is 2.09. The standard InChI is InChI=1S/C8H8N2O3/c9-8(13)10(5-11)6-1-3-7(12)4-2-6/h1-5,12H,(H2,9,13). The van der Waals surface area contributed by atoms with Gasteiger partial charge >= 0.3 is 6.03 Å². The fourth-order valence-corrected chi connectivity index (χ4v) is 0.853. The Morgan fingerprint density at radius 2 is 1.92 bits per heavy atom. The molecule has 0 atom stereocenters. The maximum Gasteiger partial charge on any atom is 0.325 e. The highest BCUT2D eigenvalue weighted by Crippen LogP contribution is 2.16. The molecule has 3 N–H and O–H groups in total. The molecule has 0 radical (unpaired) electrons. The molecule has 1 aromatic carbocycles. The van der Waals surface area contributed by atoms with Crippen molar-refractivity contribution in [2.24, 2.45) is 5.73 Å². The van der Waals surface area contributed by atoms with Crippen molar-refractivity contribution in [3.05, 3.63) is 24.3 Å². The van der Waals surface area contributed by atoms with E-state index in [0.29, 0.717) is 12.1 Å². The van der Waals surface area contributed by atoms with Gasteiger partial charge in [0.05, 0.1) is 5.69 Å². The molecular formula is C8H8N2O3. The van der Waals surface area contributed by atoms with Gasteiger partial charge < -0.3 is 10.8 Å². The van der Waals surface area contributed by atoms with Gasteiger partial charge in [0.2, 0.25) is 6.41 Å². The molecule has 5 heteroatoms. The highest BCUT2D eigenvalue weighted by molar-refractivity contribution is 6.05. The van der Waals surface area contributed by atoms with Gasteiger partial charge in [-0.3, -0.25) is 4.79 Å². The second-order valence-corrected chi connectivity index (χ2v) is 2.33. The molecule has 3 amide bonds. The number of nitrogens with two attached hydrogens (primary N) is 1. The van der Waals surface area contributed by atoms with Crippen molar-refractivity contribution in [2.75, 3.05) is 4.90 Å². The number of benzene rings is 1. The molecular weight excluding hydrogens is 172 g/mol. The van der Waals surface area contributed by atoms with E-state index in [1.807, 2.05) is 0 Å². The lowest BCUT2D eigenvalue weighted by molar-refractivity contribution is -0.106. The van der Waals surface area contributed by atoms with E-state index in [-0.39, 0.29) is 5.75 Å². The van der Waals surface area contributed by atoms with Crippen LogP contribution in [-0.4, -0.2) is 17.5 Å². The van der Waals surface area contributed by atoms with Crippen LogP contribution in [0.4, 0.5) is 10.5 Å². The number of anilines is 1. The molecule has 0 saturated heterocycles. The van der Waals surface area contributed by atoms with Crippen molar-refractivity contribution in [1.82, 2.24) is 0 Å². The molecule has 13 heavy (non-hydrogen) atoms. The zero-order valence-electron chi connectivity index (χ0n) is 6.68. The van der Waals surface area contributed by atoms with Gasteiger partial charge in [0.1, 0.15) is 5.75 Å². The zero-order chi connectivity index (χ0) is 9.84. The van der Waals surface area contributed by atoms with Crippen LogP contribution in [-0.2, 0) is 4.79 Å². The van der Waals surface area contributed by atoms with Gasteiger partial charge in [0, 0.05) is 0 Å². The maximum absolute atomic E-state index is 10.7. The Bertz CT molecular complexity index is 321. The second kappa shape index (κ2) is 3.57. The number of imide groups is 1. The molecule has 0 heterocycles. The van der Waals surface area contributed by atoms with Gasteiger partial charge in [-0.05, 0) is 24.3 Å². The Balaban J connectivity index is 2.99. The number of phenols is 1. The molecule has 68 valence electrons. The summed E-state index contributed by atoms with van der Waals surface area (Å²) >= 11 is 0. The van der Waals surface area contributed by atoms with Crippen molar-refractivity contribution in [2.45, 2.75) is 0 Å². The van der Waals surface area contributed by atoms with Crippen LogP contribution in [0.3, 0.4) is 0 Å². The minimum atomic E-state index is -0.860. The predicted octanol–water partition coefficient (Wildman–Crippen LogP) is 0.434. The first-order valence-electron chi connectivity index (χ1n) is 3.48.